The highest BCUT2D eigenvalue weighted by Gasteiger charge is 1.97. The molecule has 0 saturated carbocycles. The minimum Gasteiger partial charge on any atom is -0.502 e. The third kappa shape index (κ3) is 10.1. The minimum absolute atomic E-state index is 0.253. The summed E-state index contributed by atoms with van der Waals surface area (Å²) in [7, 11) is 0. The SMILES string of the molecule is C=COCCCCOC(=O)/C=C/C(=O)O. The van der Waals surface area contributed by atoms with Crippen LogP contribution in [0.3, 0.4) is 0 Å². The lowest BCUT2D eigenvalue weighted by molar-refractivity contribution is -0.138. The van der Waals surface area contributed by atoms with Gasteiger partial charge in [-0.05, 0) is 12.8 Å². The van der Waals surface area contributed by atoms with Gasteiger partial charge in [0.1, 0.15) is 0 Å². The fraction of sp³-hybridized carbons (Fsp3) is 0.400. The van der Waals surface area contributed by atoms with Gasteiger partial charge in [0.2, 0.25) is 0 Å². The highest BCUT2D eigenvalue weighted by Crippen LogP contribution is 1.92. The minimum atomic E-state index is -1.17. The van der Waals surface area contributed by atoms with Crippen LogP contribution in [0, 0.1) is 0 Å². The van der Waals surface area contributed by atoms with Crippen LogP contribution in [0.5, 0.6) is 0 Å². The van der Waals surface area contributed by atoms with E-state index in [9.17, 15) is 9.59 Å². The van der Waals surface area contributed by atoms with E-state index in [0.717, 1.165) is 18.6 Å². The monoisotopic (exact) mass is 214 g/mol. The smallest absolute Gasteiger partial charge is 0.331 e. The summed E-state index contributed by atoms with van der Waals surface area (Å²) in [5.74, 6) is -1.83. The second kappa shape index (κ2) is 8.80. The molecule has 0 unspecified atom stereocenters. The molecule has 5 nitrogen and oxygen atoms in total. The Hall–Kier alpha value is -1.78. The molecule has 0 rings (SSSR count). The molecule has 0 spiro atoms. The second-order valence-corrected chi connectivity index (χ2v) is 2.58. The molecule has 0 atom stereocenters. The van der Waals surface area contributed by atoms with E-state index >= 15 is 0 Å². The summed E-state index contributed by atoms with van der Waals surface area (Å²) < 4.78 is 9.55. The van der Waals surface area contributed by atoms with Crippen LogP contribution in [-0.4, -0.2) is 30.3 Å². The van der Waals surface area contributed by atoms with Crippen LogP contribution in [0.25, 0.3) is 0 Å². The summed E-state index contributed by atoms with van der Waals surface area (Å²) in [5.41, 5.74) is 0. The van der Waals surface area contributed by atoms with Crippen molar-refractivity contribution in [3.8, 4) is 0 Å². The van der Waals surface area contributed by atoms with Crippen LogP contribution in [0.2, 0.25) is 0 Å². The molecule has 0 bridgehead atoms. The molecule has 0 fully saturated rings. The molecule has 5 heteroatoms. The first kappa shape index (κ1) is 13.2. The topological polar surface area (TPSA) is 72.8 Å². The molecular formula is C10H14O5. The Bertz CT molecular complexity index is 244. The van der Waals surface area contributed by atoms with Crippen molar-refractivity contribution in [2.75, 3.05) is 13.2 Å². The first-order valence-electron chi connectivity index (χ1n) is 4.47. The average molecular weight is 214 g/mol. The molecule has 0 aliphatic carbocycles. The van der Waals surface area contributed by atoms with E-state index in [1.54, 1.807) is 0 Å². The van der Waals surface area contributed by atoms with Crippen molar-refractivity contribution in [2.24, 2.45) is 0 Å². The number of carbonyl (C=O) groups is 2. The van der Waals surface area contributed by atoms with E-state index in [4.69, 9.17) is 14.6 Å². The Kier molecular flexibility index (Phi) is 7.76. The van der Waals surface area contributed by atoms with Gasteiger partial charge in [0.25, 0.3) is 0 Å². The fourth-order valence-corrected chi connectivity index (χ4v) is 0.731. The van der Waals surface area contributed by atoms with Crippen LogP contribution in [-0.2, 0) is 19.1 Å². The Balaban J connectivity index is 3.39. The molecule has 0 aromatic heterocycles. The summed E-state index contributed by atoms with van der Waals surface area (Å²) in [6, 6.07) is 0. The van der Waals surface area contributed by atoms with Gasteiger partial charge >= 0.3 is 11.9 Å². The molecule has 0 amide bonds. The third-order valence-corrected chi connectivity index (χ3v) is 1.38. The zero-order chi connectivity index (χ0) is 11.5. The van der Waals surface area contributed by atoms with Gasteiger partial charge in [-0.2, -0.15) is 0 Å². The van der Waals surface area contributed by atoms with Crippen molar-refractivity contribution < 1.29 is 24.2 Å². The predicted molar refractivity (Wildman–Crippen MR) is 53.1 cm³/mol. The number of carbonyl (C=O) groups excluding carboxylic acids is 1. The number of hydrogen-bond acceptors (Lipinski definition) is 4. The highest BCUT2D eigenvalue weighted by molar-refractivity contribution is 5.90. The standard InChI is InChI=1S/C10H14O5/c1-2-14-7-3-4-8-15-10(13)6-5-9(11)12/h2,5-6H,1,3-4,7-8H2,(H,11,12)/b6-5+. The summed E-state index contributed by atoms with van der Waals surface area (Å²) >= 11 is 0. The summed E-state index contributed by atoms with van der Waals surface area (Å²) in [4.78, 5) is 20.8. The summed E-state index contributed by atoms with van der Waals surface area (Å²) in [5, 5.41) is 8.21. The van der Waals surface area contributed by atoms with Crippen molar-refractivity contribution in [1.82, 2.24) is 0 Å². The van der Waals surface area contributed by atoms with Gasteiger partial charge in [-0.1, -0.05) is 6.58 Å². The molecule has 0 aromatic carbocycles. The first-order chi connectivity index (χ1) is 7.16. The zero-order valence-electron chi connectivity index (χ0n) is 8.35. The number of ether oxygens (including phenoxy) is 2. The zero-order valence-corrected chi connectivity index (χ0v) is 8.35. The van der Waals surface area contributed by atoms with Gasteiger partial charge in [-0.25, -0.2) is 9.59 Å². The van der Waals surface area contributed by atoms with E-state index in [1.165, 1.54) is 6.26 Å². The number of hydrogen-bond donors (Lipinski definition) is 1. The maximum Gasteiger partial charge on any atom is 0.331 e. The predicted octanol–water partition coefficient (Wildman–Crippen LogP) is 1.11. The van der Waals surface area contributed by atoms with Gasteiger partial charge in [-0.15, -0.1) is 0 Å². The summed E-state index contributed by atoms with van der Waals surface area (Å²) in [6.45, 7) is 4.16. The van der Waals surface area contributed by atoms with E-state index in [-0.39, 0.29) is 6.61 Å². The lowest BCUT2D eigenvalue weighted by atomic mass is 10.3. The maximum absolute atomic E-state index is 10.8. The normalized spacial score (nSPS) is 9.87. The fourth-order valence-electron chi connectivity index (χ4n) is 0.731. The van der Waals surface area contributed by atoms with Crippen molar-refractivity contribution in [3.05, 3.63) is 25.0 Å². The lowest BCUT2D eigenvalue weighted by Gasteiger charge is -2.01. The van der Waals surface area contributed by atoms with E-state index in [0.29, 0.717) is 13.0 Å². The van der Waals surface area contributed by atoms with E-state index < -0.39 is 11.9 Å². The Labute approximate surface area is 88.0 Å². The molecule has 0 aliphatic heterocycles. The Morgan fingerprint density at radius 2 is 1.87 bits per heavy atom. The maximum atomic E-state index is 10.8. The molecule has 84 valence electrons. The number of rotatable bonds is 8. The Morgan fingerprint density at radius 1 is 1.20 bits per heavy atom. The van der Waals surface area contributed by atoms with Crippen molar-refractivity contribution in [3.63, 3.8) is 0 Å². The highest BCUT2D eigenvalue weighted by atomic mass is 16.5. The van der Waals surface area contributed by atoms with E-state index in [2.05, 4.69) is 6.58 Å². The van der Waals surface area contributed by atoms with Crippen molar-refractivity contribution >= 4 is 11.9 Å². The van der Waals surface area contributed by atoms with Gasteiger partial charge in [0, 0.05) is 12.2 Å². The largest absolute Gasteiger partial charge is 0.502 e. The average Bonchev–Trinajstić information content (AvgIpc) is 2.20. The second-order valence-electron chi connectivity index (χ2n) is 2.58. The van der Waals surface area contributed by atoms with Gasteiger partial charge in [0.05, 0.1) is 19.5 Å². The molecule has 15 heavy (non-hydrogen) atoms. The lowest BCUT2D eigenvalue weighted by Crippen LogP contribution is -2.04. The molecule has 0 radical (unpaired) electrons. The van der Waals surface area contributed by atoms with Crippen LogP contribution in [0.15, 0.2) is 25.0 Å². The molecule has 0 saturated heterocycles. The molecule has 0 aliphatic rings. The molecule has 0 aromatic rings. The van der Waals surface area contributed by atoms with Crippen molar-refractivity contribution in [2.45, 2.75) is 12.8 Å². The van der Waals surface area contributed by atoms with Gasteiger partial charge in [-0.3, -0.25) is 0 Å². The van der Waals surface area contributed by atoms with Crippen LogP contribution in [0.1, 0.15) is 12.8 Å². The number of esters is 1. The van der Waals surface area contributed by atoms with Gasteiger partial charge in [0.15, 0.2) is 0 Å². The molecule has 1 N–H and O–H groups in total. The van der Waals surface area contributed by atoms with E-state index in [1.807, 2.05) is 0 Å². The number of carboxylic acid groups (broad SMARTS) is 1. The third-order valence-electron chi connectivity index (χ3n) is 1.38. The quantitative estimate of drug-likeness (QED) is 0.283. The van der Waals surface area contributed by atoms with Crippen LogP contribution in [0.4, 0.5) is 0 Å². The number of carboxylic acids is 1. The summed E-state index contributed by atoms with van der Waals surface area (Å²) in [6.07, 6.45) is 4.38. The van der Waals surface area contributed by atoms with Crippen LogP contribution >= 0.6 is 0 Å². The Morgan fingerprint density at radius 3 is 2.47 bits per heavy atom. The molecular weight excluding hydrogens is 200 g/mol. The van der Waals surface area contributed by atoms with Crippen LogP contribution < -0.4 is 0 Å². The van der Waals surface area contributed by atoms with Crippen molar-refractivity contribution in [1.29, 1.82) is 0 Å². The number of aliphatic carboxylic acids is 1. The van der Waals surface area contributed by atoms with Gasteiger partial charge < -0.3 is 14.6 Å². The molecule has 0 heterocycles. The first-order valence-corrected chi connectivity index (χ1v) is 4.47. The number of unbranched alkanes of at least 4 members (excludes halogenated alkanes) is 1.